The molecule has 0 atom stereocenters. The summed E-state index contributed by atoms with van der Waals surface area (Å²) < 4.78 is 31.6. The van der Waals surface area contributed by atoms with Crippen LogP contribution in [0, 0.1) is 0 Å². The summed E-state index contributed by atoms with van der Waals surface area (Å²) in [6.45, 7) is 12.4. The second kappa shape index (κ2) is 11.5. The highest BCUT2D eigenvalue weighted by Gasteiger charge is 2.11. The molecule has 0 saturated heterocycles. The van der Waals surface area contributed by atoms with Gasteiger partial charge in [-0.1, -0.05) is 0 Å². The van der Waals surface area contributed by atoms with Crippen molar-refractivity contribution in [3.05, 3.63) is 59.7 Å². The fourth-order valence-electron chi connectivity index (χ4n) is 2.99. The average Bonchev–Trinajstić information content (AvgIpc) is 2.69. The van der Waals surface area contributed by atoms with Gasteiger partial charge in [-0.3, -0.25) is 13.9 Å². The highest BCUT2D eigenvalue weighted by molar-refractivity contribution is 7.79. The number of carbonyl (C=O) groups excluding carboxylic acids is 1. The van der Waals surface area contributed by atoms with Gasteiger partial charge in [0, 0.05) is 48.7 Å². The van der Waals surface area contributed by atoms with Gasteiger partial charge in [-0.25, -0.2) is 0 Å². The van der Waals surface area contributed by atoms with Gasteiger partial charge in [0.2, 0.25) is 0 Å². The molecule has 0 aliphatic rings. The van der Waals surface area contributed by atoms with Crippen molar-refractivity contribution in [2.75, 3.05) is 36.0 Å². The molecule has 0 saturated carbocycles. The van der Waals surface area contributed by atoms with Gasteiger partial charge in [0.15, 0.2) is 5.78 Å². The SMILES string of the molecule is CCN(CC)c1ccc(C(=O)c2ccc(N(CC)CC)cc2)cc1.O=S(=O)(O)O. The Balaban J connectivity index is 0.000000749. The summed E-state index contributed by atoms with van der Waals surface area (Å²) in [6, 6.07) is 15.8. The molecule has 0 heterocycles. The van der Waals surface area contributed by atoms with Gasteiger partial charge in [0.05, 0.1) is 0 Å². The Morgan fingerprint density at radius 3 is 1.14 bits per heavy atom. The van der Waals surface area contributed by atoms with Crippen LogP contribution in [0.5, 0.6) is 0 Å². The predicted molar refractivity (Wildman–Crippen MR) is 118 cm³/mol. The molecule has 8 heteroatoms. The van der Waals surface area contributed by atoms with E-state index in [2.05, 4.69) is 37.5 Å². The van der Waals surface area contributed by atoms with Crippen LogP contribution < -0.4 is 9.80 Å². The zero-order chi connectivity index (χ0) is 22.0. The van der Waals surface area contributed by atoms with Crippen LogP contribution in [0.3, 0.4) is 0 Å². The summed E-state index contributed by atoms with van der Waals surface area (Å²) >= 11 is 0. The van der Waals surface area contributed by atoms with E-state index < -0.39 is 10.4 Å². The van der Waals surface area contributed by atoms with Crippen LogP contribution in [-0.2, 0) is 10.4 Å². The van der Waals surface area contributed by atoms with E-state index in [1.165, 1.54) is 0 Å². The minimum Gasteiger partial charge on any atom is -0.372 e. The van der Waals surface area contributed by atoms with E-state index in [1.807, 2.05) is 48.5 Å². The number of rotatable bonds is 8. The fourth-order valence-corrected chi connectivity index (χ4v) is 2.99. The Morgan fingerprint density at radius 1 is 0.690 bits per heavy atom. The van der Waals surface area contributed by atoms with Gasteiger partial charge in [-0.05, 0) is 76.2 Å². The molecule has 2 rings (SSSR count). The maximum atomic E-state index is 12.7. The maximum absolute atomic E-state index is 12.7. The molecule has 0 spiro atoms. The number of benzene rings is 2. The molecular weight excluding hydrogens is 392 g/mol. The molecule has 0 amide bonds. The second-order valence-corrected chi connectivity index (χ2v) is 7.11. The van der Waals surface area contributed by atoms with Gasteiger partial charge in [-0.15, -0.1) is 0 Å². The average molecular weight is 423 g/mol. The van der Waals surface area contributed by atoms with Crippen molar-refractivity contribution in [1.82, 2.24) is 0 Å². The van der Waals surface area contributed by atoms with Crippen LogP contribution >= 0.6 is 0 Å². The summed E-state index contributed by atoms with van der Waals surface area (Å²) in [5.41, 5.74) is 3.80. The molecule has 0 fully saturated rings. The molecule has 7 nitrogen and oxygen atoms in total. The molecule has 0 aliphatic carbocycles. The Hall–Kier alpha value is -2.42. The summed E-state index contributed by atoms with van der Waals surface area (Å²) in [4.78, 5) is 17.2. The molecule has 0 bridgehead atoms. The zero-order valence-electron chi connectivity index (χ0n) is 17.4. The van der Waals surface area contributed by atoms with Crippen molar-refractivity contribution in [2.45, 2.75) is 27.7 Å². The molecule has 160 valence electrons. The minimum absolute atomic E-state index is 0.0761. The Bertz CT molecular complexity index is 791. The van der Waals surface area contributed by atoms with Gasteiger partial charge in [0.25, 0.3) is 0 Å². The zero-order valence-corrected chi connectivity index (χ0v) is 18.2. The first kappa shape index (κ1) is 24.6. The quantitative estimate of drug-likeness (QED) is 0.491. The van der Waals surface area contributed by atoms with Gasteiger partial charge in [0.1, 0.15) is 0 Å². The number of ketones is 1. The van der Waals surface area contributed by atoms with Crippen molar-refractivity contribution in [1.29, 1.82) is 0 Å². The summed E-state index contributed by atoms with van der Waals surface area (Å²) in [5, 5.41) is 0. The molecule has 29 heavy (non-hydrogen) atoms. The van der Waals surface area contributed by atoms with E-state index in [0.717, 1.165) is 48.7 Å². The largest absolute Gasteiger partial charge is 0.394 e. The lowest BCUT2D eigenvalue weighted by Crippen LogP contribution is -2.22. The monoisotopic (exact) mass is 422 g/mol. The van der Waals surface area contributed by atoms with Crippen LogP contribution in [-0.4, -0.2) is 49.5 Å². The number of carbonyl (C=O) groups is 1. The molecule has 0 aromatic heterocycles. The summed E-state index contributed by atoms with van der Waals surface area (Å²) in [6.07, 6.45) is 0. The standard InChI is InChI=1S/C21H28N2O.H2O4S/c1-5-22(6-2)19-13-9-17(10-14-19)21(24)18-11-15-20(16-12-18)23(7-3)8-4;1-5(2,3)4/h9-16H,5-8H2,1-4H3;(H2,1,2,3,4). The number of hydrogen-bond acceptors (Lipinski definition) is 5. The van der Waals surface area contributed by atoms with E-state index >= 15 is 0 Å². The normalized spacial score (nSPS) is 10.7. The van der Waals surface area contributed by atoms with Crippen molar-refractivity contribution >= 4 is 27.6 Å². The van der Waals surface area contributed by atoms with Gasteiger partial charge in [-0.2, -0.15) is 8.42 Å². The first-order valence-electron chi connectivity index (χ1n) is 9.59. The summed E-state index contributed by atoms with van der Waals surface area (Å²) in [7, 11) is -4.67. The van der Waals surface area contributed by atoms with E-state index in [1.54, 1.807) is 0 Å². The lowest BCUT2D eigenvalue weighted by Gasteiger charge is -2.21. The Labute approximate surface area is 173 Å². The van der Waals surface area contributed by atoms with Crippen LogP contribution in [0.2, 0.25) is 0 Å². The Morgan fingerprint density at radius 2 is 0.931 bits per heavy atom. The van der Waals surface area contributed by atoms with E-state index in [4.69, 9.17) is 17.5 Å². The molecular formula is C21H30N2O5S. The molecule has 0 aliphatic heterocycles. The highest BCUT2D eigenvalue weighted by atomic mass is 32.3. The van der Waals surface area contributed by atoms with Crippen molar-refractivity contribution < 1.29 is 22.3 Å². The van der Waals surface area contributed by atoms with Crippen molar-refractivity contribution in [3.8, 4) is 0 Å². The van der Waals surface area contributed by atoms with Gasteiger partial charge < -0.3 is 9.80 Å². The van der Waals surface area contributed by atoms with Crippen LogP contribution in [0.25, 0.3) is 0 Å². The first-order valence-corrected chi connectivity index (χ1v) is 11.0. The van der Waals surface area contributed by atoms with Crippen LogP contribution in [0.15, 0.2) is 48.5 Å². The fraction of sp³-hybridized carbons (Fsp3) is 0.381. The number of hydrogen-bond donors (Lipinski definition) is 2. The third kappa shape index (κ3) is 8.23. The van der Waals surface area contributed by atoms with Crippen LogP contribution in [0.4, 0.5) is 11.4 Å². The van der Waals surface area contributed by atoms with Crippen molar-refractivity contribution in [3.63, 3.8) is 0 Å². The third-order valence-electron chi connectivity index (χ3n) is 4.52. The lowest BCUT2D eigenvalue weighted by atomic mass is 10.0. The third-order valence-corrected chi connectivity index (χ3v) is 4.52. The summed E-state index contributed by atoms with van der Waals surface area (Å²) in [5.74, 6) is 0.0761. The van der Waals surface area contributed by atoms with E-state index in [0.29, 0.717) is 0 Å². The molecule has 0 unspecified atom stereocenters. The molecule has 2 N–H and O–H groups in total. The van der Waals surface area contributed by atoms with E-state index in [-0.39, 0.29) is 5.78 Å². The predicted octanol–water partition coefficient (Wildman–Crippen LogP) is 3.96. The van der Waals surface area contributed by atoms with Gasteiger partial charge >= 0.3 is 10.4 Å². The number of nitrogens with zero attached hydrogens (tertiary/aromatic N) is 2. The van der Waals surface area contributed by atoms with E-state index in [9.17, 15) is 4.79 Å². The van der Waals surface area contributed by atoms with Crippen molar-refractivity contribution in [2.24, 2.45) is 0 Å². The second-order valence-electron chi connectivity index (χ2n) is 6.22. The highest BCUT2D eigenvalue weighted by Crippen LogP contribution is 2.20. The smallest absolute Gasteiger partial charge is 0.372 e. The van der Waals surface area contributed by atoms with Crippen LogP contribution in [0.1, 0.15) is 43.6 Å². The lowest BCUT2D eigenvalue weighted by molar-refractivity contribution is 0.103. The topological polar surface area (TPSA) is 98.2 Å². The molecule has 0 radical (unpaired) electrons. The maximum Gasteiger partial charge on any atom is 0.394 e. The number of anilines is 2. The molecule has 2 aromatic rings. The molecule has 2 aromatic carbocycles. The first-order chi connectivity index (χ1) is 13.6. The minimum atomic E-state index is -4.67. The Kier molecular flexibility index (Phi) is 9.80.